The summed E-state index contributed by atoms with van der Waals surface area (Å²) in [6.45, 7) is 3.96. The monoisotopic (exact) mass is 289 g/mol. The second-order valence-electron chi connectivity index (χ2n) is 4.84. The van der Waals surface area contributed by atoms with Gasteiger partial charge in [0.25, 0.3) is 0 Å². The number of aliphatic carboxylic acids is 1. The minimum absolute atomic E-state index is 0.587. The summed E-state index contributed by atoms with van der Waals surface area (Å²) >= 11 is 5.83. The van der Waals surface area contributed by atoms with Gasteiger partial charge < -0.3 is 10.4 Å². The molecule has 2 aromatic rings. The van der Waals surface area contributed by atoms with E-state index < -0.39 is 12.0 Å². The Morgan fingerprint density at radius 2 is 1.65 bits per heavy atom. The number of hydrogen-bond donors (Lipinski definition) is 2. The van der Waals surface area contributed by atoms with Crippen molar-refractivity contribution in [2.24, 2.45) is 0 Å². The molecule has 4 heteroatoms. The van der Waals surface area contributed by atoms with Gasteiger partial charge in [0.2, 0.25) is 0 Å². The molecule has 0 fully saturated rings. The lowest BCUT2D eigenvalue weighted by Gasteiger charge is -2.17. The molecule has 20 heavy (non-hydrogen) atoms. The van der Waals surface area contributed by atoms with Crippen molar-refractivity contribution < 1.29 is 9.90 Å². The molecule has 0 aliphatic rings. The van der Waals surface area contributed by atoms with Gasteiger partial charge in [0.05, 0.1) is 0 Å². The van der Waals surface area contributed by atoms with E-state index in [1.54, 1.807) is 24.3 Å². The molecule has 3 nitrogen and oxygen atoms in total. The van der Waals surface area contributed by atoms with Crippen molar-refractivity contribution >= 4 is 23.3 Å². The number of benzene rings is 2. The maximum Gasteiger partial charge on any atom is 0.330 e. The van der Waals surface area contributed by atoms with Crippen LogP contribution in [0.4, 0.5) is 5.69 Å². The van der Waals surface area contributed by atoms with Crippen LogP contribution in [-0.4, -0.2) is 11.1 Å². The van der Waals surface area contributed by atoms with E-state index in [1.807, 2.05) is 32.0 Å². The van der Waals surface area contributed by atoms with Crippen LogP contribution in [0, 0.1) is 13.8 Å². The minimum Gasteiger partial charge on any atom is -0.479 e. The fourth-order valence-electron chi connectivity index (χ4n) is 2.17. The summed E-state index contributed by atoms with van der Waals surface area (Å²) in [4.78, 5) is 11.5. The predicted molar refractivity (Wildman–Crippen MR) is 81.4 cm³/mol. The minimum atomic E-state index is -0.925. The number of aryl methyl sites for hydroxylation is 2. The van der Waals surface area contributed by atoms with Crippen molar-refractivity contribution in [3.8, 4) is 0 Å². The zero-order valence-corrected chi connectivity index (χ0v) is 12.1. The predicted octanol–water partition coefficient (Wildman–Crippen LogP) is 4.19. The molecule has 104 valence electrons. The van der Waals surface area contributed by atoms with Gasteiger partial charge in [-0.05, 0) is 54.8 Å². The highest BCUT2D eigenvalue weighted by Gasteiger charge is 2.19. The van der Waals surface area contributed by atoms with Crippen LogP contribution in [0.25, 0.3) is 0 Å². The van der Waals surface area contributed by atoms with Crippen LogP contribution >= 0.6 is 11.6 Å². The normalized spacial score (nSPS) is 11.9. The number of nitrogens with one attached hydrogen (secondary N) is 1. The molecule has 0 aliphatic carbocycles. The molecule has 0 heterocycles. The lowest BCUT2D eigenvalue weighted by molar-refractivity contribution is -0.138. The van der Waals surface area contributed by atoms with Crippen molar-refractivity contribution in [2.45, 2.75) is 19.9 Å². The van der Waals surface area contributed by atoms with Crippen LogP contribution in [-0.2, 0) is 4.79 Å². The Morgan fingerprint density at radius 1 is 1.10 bits per heavy atom. The fourth-order valence-corrected chi connectivity index (χ4v) is 2.29. The number of carboxylic acid groups (broad SMARTS) is 1. The Morgan fingerprint density at radius 3 is 2.15 bits per heavy atom. The molecule has 2 aromatic carbocycles. The van der Waals surface area contributed by atoms with Crippen molar-refractivity contribution in [1.29, 1.82) is 0 Å². The van der Waals surface area contributed by atoms with Gasteiger partial charge in [-0.15, -0.1) is 0 Å². The summed E-state index contributed by atoms with van der Waals surface area (Å²) in [5.41, 5.74) is 3.64. The van der Waals surface area contributed by atoms with E-state index in [0.29, 0.717) is 10.6 Å². The van der Waals surface area contributed by atoms with E-state index >= 15 is 0 Å². The third-order valence-corrected chi connectivity index (χ3v) is 3.23. The number of hydrogen-bond acceptors (Lipinski definition) is 2. The summed E-state index contributed by atoms with van der Waals surface area (Å²) < 4.78 is 0. The van der Waals surface area contributed by atoms with E-state index in [4.69, 9.17) is 11.6 Å². The van der Waals surface area contributed by atoms with E-state index in [2.05, 4.69) is 5.32 Å². The second kappa shape index (κ2) is 5.97. The fraction of sp³-hybridized carbons (Fsp3) is 0.188. The molecule has 1 atom stereocenters. The number of halogens is 1. The highest BCUT2D eigenvalue weighted by atomic mass is 35.5. The van der Waals surface area contributed by atoms with E-state index in [0.717, 1.165) is 16.8 Å². The Bertz CT molecular complexity index is 603. The molecule has 0 spiro atoms. The summed E-state index contributed by atoms with van der Waals surface area (Å²) in [6, 6.07) is 11.9. The summed E-state index contributed by atoms with van der Waals surface area (Å²) in [5.74, 6) is -0.925. The SMILES string of the molecule is Cc1cc(C)cc(N[C@H](C(=O)O)c2ccc(Cl)cc2)c1. The largest absolute Gasteiger partial charge is 0.479 e. The maximum atomic E-state index is 11.5. The average Bonchev–Trinajstić information content (AvgIpc) is 2.36. The molecule has 0 aromatic heterocycles. The lowest BCUT2D eigenvalue weighted by Crippen LogP contribution is -2.20. The zero-order chi connectivity index (χ0) is 14.7. The van der Waals surface area contributed by atoms with Crippen molar-refractivity contribution in [3.05, 3.63) is 64.2 Å². The molecule has 0 unspecified atom stereocenters. The topological polar surface area (TPSA) is 49.3 Å². The van der Waals surface area contributed by atoms with Crippen molar-refractivity contribution in [1.82, 2.24) is 0 Å². The van der Waals surface area contributed by atoms with Crippen LogP contribution in [0.15, 0.2) is 42.5 Å². The van der Waals surface area contributed by atoms with E-state index in [9.17, 15) is 9.90 Å². The van der Waals surface area contributed by atoms with Gasteiger partial charge in [0.15, 0.2) is 6.04 Å². The van der Waals surface area contributed by atoms with Crippen LogP contribution in [0.3, 0.4) is 0 Å². The molecule has 0 bridgehead atoms. The van der Waals surface area contributed by atoms with Gasteiger partial charge in [-0.25, -0.2) is 4.79 Å². The Hall–Kier alpha value is -2.00. The molecule has 2 rings (SSSR count). The third-order valence-electron chi connectivity index (χ3n) is 2.98. The Balaban J connectivity index is 2.30. The second-order valence-corrected chi connectivity index (χ2v) is 5.28. The first kappa shape index (κ1) is 14.4. The first-order valence-corrected chi connectivity index (χ1v) is 6.66. The van der Waals surface area contributed by atoms with Crippen molar-refractivity contribution in [2.75, 3.05) is 5.32 Å². The first-order valence-electron chi connectivity index (χ1n) is 6.29. The van der Waals surface area contributed by atoms with Crippen LogP contribution in [0.5, 0.6) is 0 Å². The van der Waals surface area contributed by atoms with Crippen LogP contribution < -0.4 is 5.32 Å². The van der Waals surface area contributed by atoms with Crippen molar-refractivity contribution in [3.63, 3.8) is 0 Å². The van der Waals surface area contributed by atoms with Crippen LogP contribution in [0.2, 0.25) is 5.02 Å². The molecule has 0 aliphatic heterocycles. The molecular formula is C16H16ClNO2. The third kappa shape index (κ3) is 3.52. The van der Waals surface area contributed by atoms with Gasteiger partial charge >= 0.3 is 5.97 Å². The van der Waals surface area contributed by atoms with E-state index in [-0.39, 0.29) is 0 Å². The highest BCUT2D eigenvalue weighted by molar-refractivity contribution is 6.30. The number of rotatable bonds is 4. The quantitative estimate of drug-likeness (QED) is 0.887. The highest BCUT2D eigenvalue weighted by Crippen LogP contribution is 2.23. The van der Waals surface area contributed by atoms with E-state index in [1.165, 1.54) is 0 Å². The summed E-state index contributed by atoms with van der Waals surface area (Å²) in [7, 11) is 0. The van der Waals surface area contributed by atoms with Gasteiger partial charge in [-0.3, -0.25) is 0 Å². The number of carboxylic acids is 1. The maximum absolute atomic E-state index is 11.5. The van der Waals surface area contributed by atoms with Crippen LogP contribution in [0.1, 0.15) is 22.7 Å². The first-order chi connectivity index (χ1) is 9.45. The smallest absolute Gasteiger partial charge is 0.330 e. The number of carbonyl (C=O) groups is 1. The Labute approximate surface area is 123 Å². The van der Waals surface area contributed by atoms with Gasteiger partial charge in [-0.1, -0.05) is 29.8 Å². The summed E-state index contributed by atoms with van der Waals surface area (Å²) in [6.07, 6.45) is 0. The average molecular weight is 290 g/mol. The van der Waals surface area contributed by atoms with Gasteiger partial charge in [-0.2, -0.15) is 0 Å². The molecular weight excluding hydrogens is 274 g/mol. The molecule has 0 radical (unpaired) electrons. The number of anilines is 1. The van der Waals surface area contributed by atoms with Gasteiger partial charge in [0.1, 0.15) is 0 Å². The van der Waals surface area contributed by atoms with Gasteiger partial charge in [0, 0.05) is 10.7 Å². The Kier molecular flexibility index (Phi) is 4.30. The lowest BCUT2D eigenvalue weighted by atomic mass is 10.1. The zero-order valence-electron chi connectivity index (χ0n) is 11.4. The molecule has 0 amide bonds. The standard InChI is InChI=1S/C16H16ClNO2/c1-10-7-11(2)9-14(8-10)18-15(16(19)20)12-3-5-13(17)6-4-12/h3-9,15,18H,1-2H3,(H,19,20)/t15-/m0/s1. The molecule has 2 N–H and O–H groups in total. The molecule has 0 saturated carbocycles. The summed E-state index contributed by atoms with van der Waals surface area (Å²) in [5, 5.41) is 13.0. The molecule has 0 saturated heterocycles.